The molecule has 8 heteroatoms. The average molecular weight is 474 g/mol. The number of anilines is 1. The maximum absolute atomic E-state index is 13.0. The van der Waals surface area contributed by atoms with Gasteiger partial charge in [0.15, 0.2) is 0 Å². The van der Waals surface area contributed by atoms with Crippen LogP contribution in [0.3, 0.4) is 0 Å². The van der Waals surface area contributed by atoms with Crippen LogP contribution in [-0.4, -0.2) is 51.2 Å². The molecule has 0 radical (unpaired) electrons. The molecule has 1 atom stereocenters. The number of hydrogen-bond donors (Lipinski definition) is 1. The number of likely N-dealkylation sites (tertiary alicyclic amines) is 1. The van der Waals surface area contributed by atoms with Crippen LogP contribution in [0.15, 0.2) is 48.5 Å². The zero-order valence-corrected chi connectivity index (χ0v) is 20.6. The number of benzene rings is 2. The second-order valence-corrected chi connectivity index (χ2v) is 10.3. The van der Waals surface area contributed by atoms with Crippen molar-refractivity contribution in [2.75, 3.05) is 30.3 Å². The maximum atomic E-state index is 13.0. The highest BCUT2D eigenvalue weighted by Gasteiger charge is 2.29. The zero-order chi connectivity index (χ0) is 23.8. The fourth-order valence-electron chi connectivity index (χ4n) is 4.24. The first-order valence-electron chi connectivity index (χ1n) is 11.6. The lowest BCUT2D eigenvalue weighted by Crippen LogP contribution is -2.47. The molecule has 33 heavy (non-hydrogen) atoms. The predicted octanol–water partition coefficient (Wildman–Crippen LogP) is 3.54. The monoisotopic (exact) mass is 473 g/mol. The summed E-state index contributed by atoms with van der Waals surface area (Å²) in [6.45, 7) is 7.43. The fourth-order valence-corrected chi connectivity index (χ4v) is 5.41. The van der Waals surface area contributed by atoms with E-state index < -0.39 is 16.1 Å². The molecule has 2 aromatic rings. The summed E-state index contributed by atoms with van der Waals surface area (Å²) in [5.41, 5.74) is 2.67. The van der Waals surface area contributed by atoms with E-state index in [-0.39, 0.29) is 5.91 Å². The van der Waals surface area contributed by atoms with Crippen LogP contribution in [0.1, 0.15) is 44.2 Å². The van der Waals surface area contributed by atoms with Crippen molar-refractivity contribution >= 4 is 21.6 Å². The van der Waals surface area contributed by atoms with Crippen LogP contribution in [0, 0.1) is 0 Å². The number of rotatable bonds is 10. The van der Waals surface area contributed by atoms with Gasteiger partial charge in [-0.05, 0) is 75.2 Å². The lowest BCUT2D eigenvalue weighted by atomic mass is 10.0. The number of carbonyl (C=O) groups is 1. The molecule has 1 aliphatic rings. The fraction of sp³-hybridized carbons (Fsp3) is 0.480. The van der Waals surface area contributed by atoms with E-state index in [1.54, 1.807) is 31.2 Å². The summed E-state index contributed by atoms with van der Waals surface area (Å²) < 4.78 is 31.7. The molecular weight excluding hydrogens is 438 g/mol. The van der Waals surface area contributed by atoms with Crippen LogP contribution in [0.4, 0.5) is 5.69 Å². The largest absolute Gasteiger partial charge is 0.494 e. The molecule has 1 fully saturated rings. The summed E-state index contributed by atoms with van der Waals surface area (Å²) in [6, 6.07) is 13.9. The van der Waals surface area contributed by atoms with E-state index in [4.69, 9.17) is 4.74 Å². The highest BCUT2D eigenvalue weighted by atomic mass is 32.2. The lowest BCUT2D eigenvalue weighted by Gasteiger charge is -2.29. The van der Waals surface area contributed by atoms with Crippen LogP contribution in [-0.2, 0) is 27.9 Å². The Bertz CT molecular complexity index is 1020. The number of carbonyl (C=O) groups excluding carboxylic acids is 1. The van der Waals surface area contributed by atoms with Gasteiger partial charge in [-0.1, -0.05) is 30.7 Å². The summed E-state index contributed by atoms with van der Waals surface area (Å²) in [5, 5.41) is 2.94. The first-order valence-corrected chi connectivity index (χ1v) is 13.4. The zero-order valence-electron chi connectivity index (χ0n) is 19.8. The van der Waals surface area contributed by atoms with Gasteiger partial charge >= 0.3 is 0 Å². The van der Waals surface area contributed by atoms with Crippen LogP contribution < -0.4 is 14.4 Å². The van der Waals surface area contributed by atoms with Gasteiger partial charge < -0.3 is 10.1 Å². The van der Waals surface area contributed by atoms with E-state index in [1.807, 2.05) is 25.1 Å². The molecule has 0 spiro atoms. The highest BCUT2D eigenvalue weighted by Crippen LogP contribution is 2.24. The molecular formula is C25H35N3O4S. The Kier molecular flexibility index (Phi) is 8.74. The van der Waals surface area contributed by atoms with Crippen molar-refractivity contribution < 1.29 is 17.9 Å². The number of piperidine rings is 1. The van der Waals surface area contributed by atoms with E-state index in [2.05, 4.69) is 16.3 Å². The second kappa shape index (κ2) is 11.5. The van der Waals surface area contributed by atoms with Crippen molar-refractivity contribution in [2.45, 2.75) is 52.2 Å². The first kappa shape index (κ1) is 25.1. The number of sulfonamides is 1. The van der Waals surface area contributed by atoms with Gasteiger partial charge in [-0.2, -0.15) is 0 Å². The van der Waals surface area contributed by atoms with Crippen molar-refractivity contribution in [3.05, 3.63) is 59.7 Å². The van der Waals surface area contributed by atoms with Crippen LogP contribution >= 0.6 is 0 Å². The third-order valence-electron chi connectivity index (χ3n) is 5.90. The third-order valence-corrected chi connectivity index (χ3v) is 7.15. The molecule has 0 aliphatic carbocycles. The Morgan fingerprint density at radius 2 is 1.70 bits per heavy atom. The molecule has 180 valence electrons. The third kappa shape index (κ3) is 6.95. The Balaban J connectivity index is 1.69. The molecule has 1 amide bonds. The second-order valence-electron chi connectivity index (χ2n) is 8.49. The Morgan fingerprint density at radius 3 is 2.30 bits per heavy atom. The standard InChI is InChI=1S/C25H35N3O4S/c1-4-32-24-14-12-23(13-15-24)28(33(3,30)31)20(2)25(29)26-18-21-10-6-7-11-22(21)19-27-16-8-5-9-17-27/h6-7,10-15,20H,4-5,8-9,16-19H2,1-3H3,(H,26,29). The van der Waals surface area contributed by atoms with E-state index in [0.717, 1.165) is 35.8 Å². The van der Waals surface area contributed by atoms with Gasteiger partial charge in [-0.25, -0.2) is 8.42 Å². The average Bonchev–Trinajstić information content (AvgIpc) is 2.79. The van der Waals surface area contributed by atoms with Crippen molar-refractivity contribution in [3.8, 4) is 5.75 Å². The molecule has 1 unspecified atom stereocenters. The van der Waals surface area contributed by atoms with Crippen molar-refractivity contribution in [3.63, 3.8) is 0 Å². The van der Waals surface area contributed by atoms with Crippen LogP contribution in [0.5, 0.6) is 5.75 Å². The van der Waals surface area contributed by atoms with Gasteiger partial charge in [-0.3, -0.25) is 14.0 Å². The lowest BCUT2D eigenvalue weighted by molar-refractivity contribution is -0.122. The first-order chi connectivity index (χ1) is 15.8. The highest BCUT2D eigenvalue weighted by molar-refractivity contribution is 7.92. The quantitative estimate of drug-likeness (QED) is 0.571. The molecule has 1 aliphatic heterocycles. The normalized spacial score (nSPS) is 15.6. The molecule has 0 bridgehead atoms. The van der Waals surface area contributed by atoms with E-state index in [9.17, 15) is 13.2 Å². The molecule has 2 aromatic carbocycles. The Labute approximate surface area is 197 Å². The van der Waals surface area contributed by atoms with Gasteiger partial charge in [0.05, 0.1) is 18.6 Å². The van der Waals surface area contributed by atoms with Gasteiger partial charge in [0, 0.05) is 13.1 Å². The summed E-state index contributed by atoms with van der Waals surface area (Å²) in [5.74, 6) is 0.305. The summed E-state index contributed by atoms with van der Waals surface area (Å²) >= 11 is 0. The maximum Gasteiger partial charge on any atom is 0.243 e. The SMILES string of the molecule is CCOc1ccc(N(C(C)C(=O)NCc2ccccc2CN2CCCCC2)S(C)(=O)=O)cc1. The number of nitrogens with zero attached hydrogens (tertiary/aromatic N) is 2. The van der Waals surface area contributed by atoms with Gasteiger partial charge in [0.25, 0.3) is 0 Å². The van der Waals surface area contributed by atoms with Gasteiger partial charge in [-0.15, -0.1) is 0 Å². The van der Waals surface area contributed by atoms with Crippen molar-refractivity contribution in [1.82, 2.24) is 10.2 Å². The topological polar surface area (TPSA) is 79.0 Å². The Hall–Kier alpha value is -2.58. The molecule has 3 rings (SSSR count). The van der Waals surface area contributed by atoms with Crippen LogP contribution in [0.25, 0.3) is 0 Å². The minimum Gasteiger partial charge on any atom is -0.494 e. The van der Waals surface area contributed by atoms with Gasteiger partial charge in [0.1, 0.15) is 11.8 Å². The minimum absolute atomic E-state index is 0.345. The Morgan fingerprint density at radius 1 is 1.06 bits per heavy atom. The number of amides is 1. The van der Waals surface area contributed by atoms with Crippen LogP contribution in [0.2, 0.25) is 0 Å². The molecule has 1 heterocycles. The summed E-state index contributed by atoms with van der Waals surface area (Å²) in [7, 11) is -3.67. The van der Waals surface area contributed by atoms with Crippen molar-refractivity contribution in [1.29, 1.82) is 0 Å². The van der Waals surface area contributed by atoms with Crippen molar-refractivity contribution in [2.24, 2.45) is 0 Å². The number of nitrogens with one attached hydrogen (secondary N) is 1. The summed E-state index contributed by atoms with van der Waals surface area (Å²) in [6.07, 6.45) is 4.85. The predicted molar refractivity (Wildman–Crippen MR) is 132 cm³/mol. The number of ether oxygens (including phenoxy) is 1. The molecule has 1 saturated heterocycles. The smallest absolute Gasteiger partial charge is 0.243 e. The van der Waals surface area contributed by atoms with E-state index >= 15 is 0 Å². The summed E-state index contributed by atoms with van der Waals surface area (Å²) in [4.78, 5) is 15.4. The molecule has 0 saturated carbocycles. The minimum atomic E-state index is -3.67. The van der Waals surface area contributed by atoms with E-state index in [0.29, 0.717) is 24.6 Å². The molecule has 7 nitrogen and oxygen atoms in total. The number of hydrogen-bond acceptors (Lipinski definition) is 5. The van der Waals surface area contributed by atoms with Gasteiger partial charge in [0.2, 0.25) is 15.9 Å². The molecule has 1 N–H and O–H groups in total. The van der Waals surface area contributed by atoms with E-state index in [1.165, 1.54) is 24.8 Å². The molecule has 0 aromatic heterocycles.